The summed E-state index contributed by atoms with van der Waals surface area (Å²) in [6, 6.07) is 11.2. The zero-order chi connectivity index (χ0) is 27.4. The summed E-state index contributed by atoms with van der Waals surface area (Å²) in [6.45, 7) is 5.60. The zero-order valence-electron chi connectivity index (χ0n) is 21.5. The Kier molecular flexibility index (Phi) is 8.17. The number of amides is 2. The smallest absolute Gasteiger partial charge is 0.416 e. The standard InChI is InChI=1S/C27H30F3N5O3/c1-18(36)31-22-7-5-4-6-21(22)24-23(26(37)35-16-14-34(15-17-35)13-12-33(2)3)32-25(38-24)19-8-10-20(11-9-19)27(28,29)30/h4-11H,12-17H2,1-3H3,(H,31,36). The van der Waals surface area contributed by atoms with E-state index in [0.29, 0.717) is 43.0 Å². The van der Waals surface area contributed by atoms with Crippen LogP contribution in [0, 0.1) is 0 Å². The molecule has 2 aromatic carbocycles. The Balaban J connectivity index is 1.68. The van der Waals surface area contributed by atoms with Gasteiger partial charge in [0.25, 0.3) is 5.91 Å². The van der Waals surface area contributed by atoms with E-state index in [2.05, 4.69) is 20.1 Å². The van der Waals surface area contributed by atoms with Crippen LogP contribution in [0.5, 0.6) is 0 Å². The molecule has 8 nitrogen and oxygen atoms in total. The summed E-state index contributed by atoms with van der Waals surface area (Å²) in [6.07, 6.45) is -4.48. The van der Waals surface area contributed by atoms with Gasteiger partial charge in [-0.05, 0) is 50.5 Å². The van der Waals surface area contributed by atoms with E-state index in [1.54, 1.807) is 29.2 Å². The number of anilines is 1. The first-order valence-corrected chi connectivity index (χ1v) is 12.2. The molecule has 11 heteroatoms. The Morgan fingerprint density at radius 3 is 2.29 bits per heavy atom. The van der Waals surface area contributed by atoms with Crippen molar-refractivity contribution in [1.82, 2.24) is 19.7 Å². The minimum atomic E-state index is -4.48. The third kappa shape index (κ3) is 6.40. The summed E-state index contributed by atoms with van der Waals surface area (Å²) in [7, 11) is 4.03. The molecule has 1 aromatic heterocycles. The Labute approximate surface area is 219 Å². The number of aromatic nitrogens is 1. The predicted octanol–water partition coefficient (Wildman–Crippen LogP) is 4.31. The number of benzene rings is 2. The van der Waals surface area contributed by atoms with Crippen LogP contribution in [0.2, 0.25) is 0 Å². The molecule has 1 fully saturated rings. The van der Waals surface area contributed by atoms with E-state index < -0.39 is 11.7 Å². The molecule has 1 aliphatic rings. The Hall–Kier alpha value is -3.70. The number of likely N-dealkylation sites (N-methyl/N-ethyl adjacent to an activating group) is 1. The lowest BCUT2D eigenvalue weighted by Crippen LogP contribution is -2.50. The van der Waals surface area contributed by atoms with Crippen LogP contribution in [0.15, 0.2) is 52.9 Å². The SMILES string of the molecule is CC(=O)Nc1ccccc1-c1oc(-c2ccc(C(F)(F)F)cc2)nc1C(=O)N1CCN(CCN(C)C)CC1. The van der Waals surface area contributed by atoms with E-state index in [1.807, 2.05) is 14.1 Å². The molecular weight excluding hydrogens is 499 g/mol. The number of nitrogens with one attached hydrogen (secondary N) is 1. The molecule has 0 radical (unpaired) electrons. The van der Waals surface area contributed by atoms with Crippen LogP contribution in [0.4, 0.5) is 18.9 Å². The highest BCUT2D eigenvalue weighted by molar-refractivity contribution is 6.01. The van der Waals surface area contributed by atoms with E-state index in [-0.39, 0.29) is 29.2 Å². The van der Waals surface area contributed by atoms with Crippen LogP contribution in [0.3, 0.4) is 0 Å². The van der Waals surface area contributed by atoms with Gasteiger partial charge in [-0.2, -0.15) is 13.2 Å². The fourth-order valence-corrected chi connectivity index (χ4v) is 4.22. The number of alkyl halides is 3. The lowest BCUT2D eigenvalue weighted by Gasteiger charge is -2.34. The van der Waals surface area contributed by atoms with Gasteiger partial charge in [0, 0.05) is 57.3 Å². The maximum atomic E-state index is 13.7. The van der Waals surface area contributed by atoms with E-state index in [4.69, 9.17) is 4.42 Å². The number of nitrogens with zero attached hydrogens (tertiary/aromatic N) is 4. The highest BCUT2D eigenvalue weighted by Crippen LogP contribution is 2.36. The predicted molar refractivity (Wildman–Crippen MR) is 138 cm³/mol. The van der Waals surface area contributed by atoms with Crippen LogP contribution in [-0.4, -0.2) is 84.9 Å². The Bertz CT molecular complexity index is 1280. The van der Waals surface area contributed by atoms with Crippen molar-refractivity contribution in [3.8, 4) is 22.8 Å². The van der Waals surface area contributed by atoms with Crippen LogP contribution >= 0.6 is 0 Å². The molecular formula is C27H30F3N5O3. The molecule has 0 unspecified atom stereocenters. The quantitative estimate of drug-likeness (QED) is 0.492. The molecule has 2 amide bonds. The van der Waals surface area contributed by atoms with Crippen LogP contribution in [-0.2, 0) is 11.0 Å². The van der Waals surface area contributed by atoms with Gasteiger partial charge in [-0.25, -0.2) is 4.98 Å². The summed E-state index contributed by atoms with van der Waals surface area (Å²) in [5.41, 5.74) is 0.412. The number of piperazine rings is 1. The Morgan fingerprint density at radius 1 is 1.03 bits per heavy atom. The largest absolute Gasteiger partial charge is 0.435 e. The Morgan fingerprint density at radius 2 is 1.68 bits per heavy atom. The van der Waals surface area contributed by atoms with Crippen molar-refractivity contribution in [2.24, 2.45) is 0 Å². The van der Waals surface area contributed by atoms with E-state index >= 15 is 0 Å². The van der Waals surface area contributed by atoms with Gasteiger partial charge in [0.05, 0.1) is 11.3 Å². The lowest BCUT2D eigenvalue weighted by molar-refractivity contribution is -0.137. The van der Waals surface area contributed by atoms with Crippen molar-refractivity contribution in [3.05, 3.63) is 59.8 Å². The second kappa shape index (κ2) is 11.4. The first-order chi connectivity index (χ1) is 18.0. The number of halogens is 3. The van der Waals surface area contributed by atoms with Gasteiger partial charge in [0.2, 0.25) is 11.8 Å². The summed E-state index contributed by atoms with van der Waals surface area (Å²) < 4.78 is 45.2. The van der Waals surface area contributed by atoms with Crippen molar-refractivity contribution >= 4 is 17.5 Å². The number of carbonyl (C=O) groups excluding carboxylic acids is 2. The van der Waals surface area contributed by atoms with Gasteiger partial charge >= 0.3 is 6.18 Å². The summed E-state index contributed by atoms with van der Waals surface area (Å²) in [5, 5.41) is 2.73. The van der Waals surface area contributed by atoms with Gasteiger partial charge in [-0.15, -0.1) is 0 Å². The van der Waals surface area contributed by atoms with Crippen molar-refractivity contribution in [1.29, 1.82) is 0 Å². The normalized spacial score (nSPS) is 14.7. The molecule has 0 saturated carbocycles. The van der Waals surface area contributed by atoms with E-state index in [9.17, 15) is 22.8 Å². The van der Waals surface area contributed by atoms with Gasteiger partial charge < -0.3 is 19.5 Å². The summed E-state index contributed by atoms with van der Waals surface area (Å²) in [4.78, 5) is 36.0. The van der Waals surface area contributed by atoms with Gasteiger partial charge in [-0.1, -0.05) is 12.1 Å². The fourth-order valence-electron chi connectivity index (χ4n) is 4.22. The average Bonchev–Trinajstić information content (AvgIpc) is 3.32. The van der Waals surface area contributed by atoms with Crippen LogP contribution < -0.4 is 5.32 Å². The molecule has 0 bridgehead atoms. The second-order valence-electron chi connectivity index (χ2n) is 9.44. The van der Waals surface area contributed by atoms with Crippen LogP contribution in [0.25, 0.3) is 22.8 Å². The molecule has 0 spiro atoms. The molecule has 0 aliphatic carbocycles. The van der Waals surface area contributed by atoms with Gasteiger partial charge in [-0.3, -0.25) is 14.5 Å². The molecule has 3 aromatic rings. The summed E-state index contributed by atoms with van der Waals surface area (Å²) >= 11 is 0. The molecule has 2 heterocycles. The molecule has 38 heavy (non-hydrogen) atoms. The third-order valence-corrected chi connectivity index (χ3v) is 6.29. The van der Waals surface area contributed by atoms with Gasteiger partial charge in [0.15, 0.2) is 11.5 Å². The minimum Gasteiger partial charge on any atom is -0.435 e. The number of hydrogen-bond donors (Lipinski definition) is 1. The van der Waals surface area contributed by atoms with E-state index in [0.717, 1.165) is 25.2 Å². The van der Waals surface area contributed by atoms with Crippen LogP contribution in [0.1, 0.15) is 23.0 Å². The highest BCUT2D eigenvalue weighted by atomic mass is 19.4. The monoisotopic (exact) mass is 529 g/mol. The maximum absolute atomic E-state index is 13.7. The minimum absolute atomic E-state index is 0.0133. The maximum Gasteiger partial charge on any atom is 0.416 e. The number of oxazole rings is 1. The highest BCUT2D eigenvalue weighted by Gasteiger charge is 2.32. The number of carbonyl (C=O) groups is 2. The molecule has 202 valence electrons. The van der Waals surface area contributed by atoms with Crippen molar-refractivity contribution in [2.45, 2.75) is 13.1 Å². The summed E-state index contributed by atoms with van der Waals surface area (Å²) in [5.74, 6) is -0.489. The molecule has 0 atom stereocenters. The fraction of sp³-hybridized carbons (Fsp3) is 0.370. The third-order valence-electron chi connectivity index (χ3n) is 6.29. The first-order valence-electron chi connectivity index (χ1n) is 12.2. The number of rotatable bonds is 7. The molecule has 1 aliphatic heterocycles. The molecule has 1 N–H and O–H groups in total. The van der Waals surface area contributed by atoms with Crippen molar-refractivity contribution < 1.29 is 27.2 Å². The average molecular weight is 530 g/mol. The van der Waals surface area contributed by atoms with Gasteiger partial charge in [0.1, 0.15) is 0 Å². The molecule has 4 rings (SSSR count). The van der Waals surface area contributed by atoms with Crippen molar-refractivity contribution in [3.63, 3.8) is 0 Å². The van der Waals surface area contributed by atoms with Crippen molar-refractivity contribution in [2.75, 3.05) is 58.7 Å². The zero-order valence-corrected chi connectivity index (χ0v) is 21.5. The second-order valence-corrected chi connectivity index (χ2v) is 9.44. The van der Waals surface area contributed by atoms with E-state index in [1.165, 1.54) is 19.1 Å². The first kappa shape index (κ1) is 27.3. The lowest BCUT2D eigenvalue weighted by atomic mass is 10.1. The number of para-hydroxylation sites is 1. The number of hydrogen-bond acceptors (Lipinski definition) is 6. The molecule has 1 saturated heterocycles. The topological polar surface area (TPSA) is 81.9 Å².